The number of anilines is 1. The van der Waals surface area contributed by atoms with Crippen molar-refractivity contribution in [1.29, 1.82) is 0 Å². The Labute approximate surface area is 208 Å². The van der Waals surface area contributed by atoms with Crippen molar-refractivity contribution >= 4 is 16.7 Å². The van der Waals surface area contributed by atoms with Gasteiger partial charge in [0.25, 0.3) is 0 Å². The fourth-order valence-electron chi connectivity index (χ4n) is 5.35. The zero-order chi connectivity index (χ0) is 24.6. The van der Waals surface area contributed by atoms with Gasteiger partial charge in [-0.2, -0.15) is 5.10 Å². The number of hydrogen-bond acceptors (Lipinski definition) is 6. The fourth-order valence-corrected chi connectivity index (χ4v) is 5.35. The largest absolute Gasteiger partial charge is 0.370 e. The summed E-state index contributed by atoms with van der Waals surface area (Å²) in [7, 11) is 2.20. The second kappa shape index (κ2) is 9.55. The standard InChI is InChI=1S/C27H29F2N7/c1-34-10-12-36(13-11-34)19-6-8-35(9-7-19)20-15-26-25(30-16-20)5-4-24(32-26)21-17-31-33-27(21)18-2-3-22(28)23(29)14-18/h2-5,14-17,19H,6-13H2,1H3,(H,31,33). The van der Waals surface area contributed by atoms with Gasteiger partial charge < -0.3 is 9.80 Å². The highest BCUT2D eigenvalue weighted by atomic mass is 19.2. The number of piperazine rings is 1. The highest BCUT2D eigenvalue weighted by molar-refractivity contribution is 5.84. The molecule has 2 aliphatic heterocycles. The molecule has 0 aliphatic carbocycles. The van der Waals surface area contributed by atoms with E-state index in [1.807, 2.05) is 18.3 Å². The van der Waals surface area contributed by atoms with Gasteiger partial charge in [-0.1, -0.05) is 0 Å². The van der Waals surface area contributed by atoms with Crippen molar-refractivity contribution in [3.8, 4) is 22.5 Å². The Morgan fingerprint density at radius 2 is 1.67 bits per heavy atom. The maximum absolute atomic E-state index is 13.8. The number of H-pyrrole nitrogens is 1. The molecule has 0 amide bonds. The van der Waals surface area contributed by atoms with E-state index in [0.717, 1.165) is 80.5 Å². The normalized spacial score (nSPS) is 18.2. The SMILES string of the molecule is CN1CCN(C2CCN(c3cnc4ccc(-c5cn[nH]c5-c5ccc(F)c(F)c5)nc4c3)CC2)CC1. The van der Waals surface area contributed by atoms with Crippen molar-refractivity contribution < 1.29 is 8.78 Å². The molecule has 9 heteroatoms. The van der Waals surface area contributed by atoms with Crippen LogP contribution in [0.5, 0.6) is 0 Å². The highest BCUT2D eigenvalue weighted by Crippen LogP contribution is 2.32. The second-order valence-electron chi connectivity index (χ2n) is 9.77. The lowest BCUT2D eigenvalue weighted by Gasteiger charge is -2.42. The van der Waals surface area contributed by atoms with Crippen LogP contribution in [-0.4, -0.2) is 82.3 Å². The van der Waals surface area contributed by atoms with E-state index in [0.29, 0.717) is 23.0 Å². The molecule has 1 N–H and O–H groups in total. The third-order valence-corrected chi connectivity index (χ3v) is 7.53. The Kier molecular flexibility index (Phi) is 6.10. The van der Waals surface area contributed by atoms with E-state index in [1.54, 1.807) is 6.20 Å². The van der Waals surface area contributed by atoms with Gasteiger partial charge >= 0.3 is 0 Å². The number of aromatic nitrogens is 4. The summed E-state index contributed by atoms with van der Waals surface area (Å²) in [6.07, 6.45) is 5.90. The third kappa shape index (κ3) is 4.44. The van der Waals surface area contributed by atoms with E-state index in [4.69, 9.17) is 4.98 Å². The van der Waals surface area contributed by atoms with Crippen LogP contribution in [0.3, 0.4) is 0 Å². The number of fused-ring (bicyclic) bond motifs is 1. The van der Waals surface area contributed by atoms with E-state index >= 15 is 0 Å². The van der Waals surface area contributed by atoms with Crippen LogP contribution in [0.15, 0.2) is 48.8 Å². The molecular formula is C27H29F2N7. The van der Waals surface area contributed by atoms with Gasteiger partial charge in [-0.15, -0.1) is 0 Å². The molecular weight excluding hydrogens is 460 g/mol. The van der Waals surface area contributed by atoms with Gasteiger partial charge in [0, 0.05) is 56.4 Å². The number of nitrogens with zero attached hydrogens (tertiary/aromatic N) is 6. The van der Waals surface area contributed by atoms with Crippen LogP contribution in [0.25, 0.3) is 33.5 Å². The Balaban J connectivity index is 1.22. The van der Waals surface area contributed by atoms with E-state index < -0.39 is 11.6 Å². The maximum atomic E-state index is 13.8. The third-order valence-electron chi connectivity index (χ3n) is 7.53. The molecule has 186 valence electrons. The van der Waals surface area contributed by atoms with Gasteiger partial charge in [-0.05, 0) is 56.3 Å². The van der Waals surface area contributed by atoms with Crippen LogP contribution in [0.2, 0.25) is 0 Å². The molecule has 0 unspecified atom stereocenters. The summed E-state index contributed by atoms with van der Waals surface area (Å²) in [6.45, 7) is 6.63. The minimum Gasteiger partial charge on any atom is -0.370 e. The average Bonchev–Trinajstić information content (AvgIpc) is 3.40. The minimum absolute atomic E-state index is 0.512. The van der Waals surface area contributed by atoms with Crippen LogP contribution < -0.4 is 4.90 Å². The lowest BCUT2D eigenvalue weighted by atomic mass is 10.0. The summed E-state index contributed by atoms with van der Waals surface area (Å²) in [5.41, 5.74) is 5.22. The molecule has 2 aliphatic rings. The average molecular weight is 490 g/mol. The highest BCUT2D eigenvalue weighted by Gasteiger charge is 2.27. The van der Waals surface area contributed by atoms with Crippen LogP contribution >= 0.6 is 0 Å². The first-order valence-electron chi connectivity index (χ1n) is 12.5. The first kappa shape index (κ1) is 23.0. The number of pyridine rings is 2. The summed E-state index contributed by atoms with van der Waals surface area (Å²) in [5.74, 6) is -1.78. The summed E-state index contributed by atoms with van der Waals surface area (Å²) in [4.78, 5) is 17.0. The molecule has 5 heterocycles. The summed E-state index contributed by atoms with van der Waals surface area (Å²) in [5, 5.41) is 7.04. The summed E-state index contributed by atoms with van der Waals surface area (Å²) in [6, 6.07) is 10.4. The minimum atomic E-state index is -0.898. The molecule has 36 heavy (non-hydrogen) atoms. The van der Waals surface area contributed by atoms with Gasteiger partial charge in [-0.3, -0.25) is 15.0 Å². The number of rotatable bonds is 4. The van der Waals surface area contributed by atoms with Crippen molar-refractivity contribution in [2.45, 2.75) is 18.9 Å². The topological polar surface area (TPSA) is 64.2 Å². The number of hydrogen-bond donors (Lipinski definition) is 1. The van der Waals surface area contributed by atoms with E-state index in [-0.39, 0.29) is 0 Å². The molecule has 7 nitrogen and oxygen atoms in total. The molecule has 2 fully saturated rings. The number of benzene rings is 1. The van der Waals surface area contributed by atoms with Crippen molar-refractivity contribution in [3.63, 3.8) is 0 Å². The van der Waals surface area contributed by atoms with E-state index in [9.17, 15) is 8.78 Å². The molecule has 0 bridgehead atoms. The molecule has 0 spiro atoms. The Bertz CT molecular complexity index is 1370. The van der Waals surface area contributed by atoms with Crippen molar-refractivity contribution in [3.05, 3.63) is 60.4 Å². The predicted octanol–water partition coefficient (Wildman–Crippen LogP) is 4.18. The van der Waals surface area contributed by atoms with Crippen LogP contribution in [0.1, 0.15) is 12.8 Å². The fraction of sp³-hybridized carbons (Fsp3) is 0.370. The zero-order valence-electron chi connectivity index (χ0n) is 20.3. The van der Waals surface area contributed by atoms with Gasteiger partial charge in [0.2, 0.25) is 0 Å². The predicted molar refractivity (Wildman–Crippen MR) is 137 cm³/mol. The lowest BCUT2D eigenvalue weighted by Crippen LogP contribution is -2.52. The maximum Gasteiger partial charge on any atom is 0.159 e. The lowest BCUT2D eigenvalue weighted by molar-refractivity contribution is 0.0982. The van der Waals surface area contributed by atoms with Crippen LogP contribution in [-0.2, 0) is 0 Å². The Morgan fingerprint density at radius 3 is 2.44 bits per heavy atom. The quantitative estimate of drug-likeness (QED) is 0.464. The summed E-state index contributed by atoms with van der Waals surface area (Å²) >= 11 is 0. The zero-order valence-corrected chi connectivity index (χ0v) is 20.3. The molecule has 1 aromatic carbocycles. The Morgan fingerprint density at radius 1 is 0.861 bits per heavy atom. The van der Waals surface area contributed by atoms with Crippen LogP contribution in [0.4, 0.5) is 14.5 Å². The first-order chi connectivity index (χ1) is 17.5. The molecule has 0 radical (unpaired) electrons. The molecule has 6 rings (SSSR count). The molecule has 0 saturated carbocycles. The molecule has 2 saturated heterocycles. The number of aromatic amines is 1. The van der Waals surface area contributed by atoms with Crippen molar-refractivity contribution in [1.82, 2.24) is 30.0 Å². The number of likely N-dealkylation sites (N-methyl/N-ethyl adjacent to an activating group) is 1. The van der Waals surface area contributed by atoms with E-state index in [1.165, 1.54) is 12.1 Å². The number of nitrogens with one attached hydrogen (secondary N) is 1. The van der Waals surface area contributed by atoms with Crippen molar-refractivity contribution in [2.24, 2.45) is 0 Å². The Hall–Kier alpha value is -3.43. The first-order valence-corrected chi connectivity index (χ1v) is 12.5. The smallest absolute Gasteiger partial charge is 0.159 e. The van der Waals surface area contributed by atoms with Crippen molar-refractivity contribution in [2.75, 3.05) is 51.2 Å². The molecule has 4 aromatic rings. The summed E-state index contributed by atoms with van der Waals surface area (Å²) < 4.78 is 27.3. The van der Waals surface area contributed by atoms with Gasteiger partial charge in [-0.25, -0.2) is 13.8 Å². The molecule has 3 aromatic heterocycles. The molecule has 0 atom stereocenters. The number of halogens is 2. The number of piperidine rings is 1. The van der Waals surface area contributed by atoms with Gasteiger partial charge in [0.1, 0.15) is 0 Å². The van der Waals surface area contributed by atoms with Crippen LogP contribution in [0, 0.1) is 11.6 Å². The van der Waals surface area contributed by atoms with E-state index in [2.05, 4.69) is 43.0 Å². The monoisotopic (exact) mass is 489 g/mol. The second-order valence-corrected chi connectivity index (χ2v) is 9.77. The van der Waals surface area contributed by atoms with Gasteiger partial charge in [0.15, 0.2) is 11.6 Å². The van der Waals surface area contributed by atoms with Gasteiger partial charge in [0.05, 0.1) is 40.5 Å².